The van der Waals surface area contributed by atoms with E-state index in [-0.39, 0.29) is 5.75 Å². The van der Waals surface area contributed by atoms with Crippen molar-refractivity contribution in [3.8, 4) is 11.5 Å². The molecule has 1 N–H and O–H groups in total. The Morgan fingerprint density at radius 3 is 2.59 bits per heavy atom. The zero-order valence-corrected chi connectivity index (χ0v) is 13.6. The van der Waals surface area contributed by atoms with Gasteiger partial charge in [0.2, 0.25) is 0 Å². The van der Waals surface area contributed by atoms with Gasteiger partial charge in [-0.15, -0.1) is 11.3 Å². The molecule has 0 unspecified atom stereocenters. The lowest BCUT2D eigenvalue weighted by molar-refractivity contribution is 0.373. The van der Waals surface area contributed by atoms with Crippen LogP contribution < -0.4 is 4.74 Å². The monoisotopic (exact) mass is 311 g/mol. The van der Waals surface area contributed by atoms with E-state index < -0.39 is 0 Å². The Balaban J connectivity index is 1.90. The molecule has 3 aromatic rings. The summed E-state index contributed by atoms with van der Waals surface area (Å²) in [7, 11) is 1.54. The van der Waals surface area contributed by atoms with Gasteiger partial charge in [0.15, 0.2) is 11.5 Å². The first-order chi connectivity index (χ1) is 10.6. The van der Waals surface area contributed by atoms with Gasteiger partial charge in [-0.25, -0.2) is 4.98 Å². The number of rotatable bonds is 3. The largest absolute Gasteiger partial charge is 0.504 e. The number of methoxy groups -OCH3 is 1. The summed E-state index contributed by atoms with van der Waals surface area (Å²) in [5.41, 5.74) is 4.48. The van der Waals surface area contributed by atoms with Gasteiger partial charge in [0.05, 0.1) is 17.3 Å². The van der Waals surface area contributed by atoms with Gasteiger partial charge < -0.3 is 9.84 Å². The number of aryl methyl sites for hydroxylation is 2. The van der Waals surface area contributed by atoms with E-state index in [0.717, 1.165) is 16.1 Å². The Kier molecular flexibility index (Phi) is 3.86. The van der Waals surface area contributed by atoms with Crippen LogP contribution in [-0.2, 0) is 0 Å². The molecular formula is C18H17NO2S. The number of benzene rings is 2. The minimum Gasteiger partial charge on any atom is -0.504 e. The molecule has 1 aromatic heterocycles. The van der Waals surface area contributed by atoms with E-state index in [1.807, 2.05) is 18.2 Å². The van der Waals surface area contributed by atoms with Crippen molar-refractivity contribution in [1.29, 1.82) is 0 Å². The van der Waals surface area contributed by atoms with Gasteiger partial charge in [-0.2, -0.15) is 0 Å². The molecule has 1 heterocycles. The highest BCUT2D eigenvalue weighted by molar-refractivity contribution is 7.19. The predicted molar refractivity (Wildman–Crippen MR) is 92.7 cm³/mol. The van der Waals surface area contributed by atoms with Crippen molar-refractivity contribution in [3.05, 3.63) is 52.0 Å². The van der Waals surface area contributed by atoms with Gasteiger partial charge >= 0.3 is 0 Å². The predicted octanol–water partition coefficient (Wildman–Crippen LogP) is 4.80. The molecule has 0 aliphatic rings. The number of aromatic hydroxyl groups is 1. The molecule has 22 heavy (non-hydrogen) atoms. The maximum absolute atomic E-state index is 9.79. The third-order valence-electron chi connectivity index (χ3n) is 3.64. The summed E-state index contributed by atoms with van der Waals surface area (Å²) in [5.74, 6) is 0.614. The van der Waals surface area contributed by atoms with Gasteiger partial charge in [-0.1, -0.05) is 12.1 Å². The van der Waals surface area contributed by atoms with E-state index in [4.69, 9.17) is 4.74 Å². The van der Waals surface area contributed by atoms with Crippen molar-refractivity contribution >= 4 is 33.7 Å². The van der Waals surface area contributed by atoms with E-state index >= 15 is 0 Å². The molecule has 0 spiro atoms. The van der Waals surface area contributed by atoms with Crippen LogP contribution in [0.1, 0.15) is 21.7 Å². The second-order valence-corrected chi connectivity index (χ2v) is 6.28. The number of aromatic nitrogens is 1. The second-order valence-electron chi connectivity index (χ2n) is 5.22. The normalized spacial score (nSPS) is 11.4. The first-order valence-corrected chi connectivity index (χ1v) is 7.81. The Labute approximate surface area is 133 Å². The molecule has 0 saturated heterocycles. The number of phenols is 1. The molecule has 0 amide bonds. The first-order valence-electron chi connectivity index (χ1n) is 6.99. The Bertz CT molecular complexity index is 826. The third kappa shape index (κ3) is 2.83. The highest BCUT2D eigenvalue weighted by atomic mass is 32.1. The molecule has 0 aliphatic heterocycles. The summed E-state index contributed by atoms with van der Waals surface area (Å²) in [4.78, 5) is 4.63. The fourth-order valence-electron chi connectivity index (χ4n) is 2.25. The lowest BCUT2D eigenvalue weighted by atomic mass is 10.1. The van der Waals surface area contributed by atoms with Crippen LogP contribution in [-0.4, -0.2) is 17.2 Å². The van der Waals surface area contributed by atoms with Gasteiger partial charge in [0.1, 0.15) is 5.01 Å². The number of phenolic OH excluding ortho intramolecular Hbond substituents is 1. The van der Waals surface area contributed by atoms with Crippen molar-refractivity contribution in [1.82, 2.24) is 4.98 Å². The maximum atomic E-state index is 9.79. The number of ether oxygens (including phenoxy) is 1. The summed E-state index contributed by atoms with van der Waals surface area (Å²) >= 11 is 1.67. The van der Waals surface area contributed by atoms with Crippen molar-refractivity contribution < 1.29 is 9.84 Å². The molecule has 0 saturated carbocycles. The summed E-state index contributed by atoms with van der Waals surface area (Å²) in [6.07, 6.45) is 3.91. The molecular weight excluding hydrogens is 294 g/mol. The Hall–Kier alpha value is -2.33. The number of hydrogen-bond donors (Lipinski definition) is 1. The lowest BCUT2D eigenvalue weighted by Crippen LogP contribution is -1.83. The quantitative estimate of drug-likeness (QED) is 0.755. The van der Waals surface area contributed by atoms with Crippen LogP contribution in [0.4, 0.5) is 0 Å². The lowest BCUT2D eigenvalue weighted by Gasteiger charge is -2.02. The summed E-state index contributed by atoms with van der Waals surface area (Å²) in [6, 6.07) is 9.63. The topological polar surface area (TPSA) is 42.4 Å². The molecule has 3 nitrogen and oxygen atoms in total. The van der Waals surface area contributed by atoms with Gasteiger partial charge in [0.25, 0.3) is 0 Å². The van der Waals surface area contributed by atoms with Gasteiger partial charge in [0, 0.05) is 0 Å². The zero-order chi connectivity index (χ0) is 15.7. The maximum Gasteiger partial charge on any atom is 0.160 e. The molecule has 112 valence electrons. The zero-order valence-electron chi connectivity index (χ0n) is 12.8. The highest BCUT2D eigenvalue weighted by Gasteiger charge is 2.04. The van der Waals surface area contributed by atoms with E-state index in [1.54, 1.807) is 23.5 Å². The van der Waals surface area contributed by atoms with Crippen molar-refractivity contribution in [2.24, 2.45) is 0 Å². The van der Waals surface area contributed by atoms with E-state index in [0.29, 0.717) is 5.75 Å². The summed E-state index contributed by atoms with van der Waals surface area (Å²) in [6.45, 7) is 4.22. The minimum atomic E-state index is 0.139. The molecule has 4 heteroatoms. The van der Waals surface area contributed by atoms with Crippen LogP contribution in [0.3, 0.4) is 0 Å². The van der Waals surface area contributed by atoms with Crippen LogP contribution >= 0.6 is 11.3 Å². The second kappa shape index (κ2) is 5.81. The molecule has 0 bridgehead atoms. The van der Waals surface area contributed by atoms with Crippen LogP contribution in [0.2, 0.25) is 0 Å². The average molecular weight is 311 g/mol. The average Bonchev–Trinajstić information content (AvgIpc) is 2.87. The number of fused-ring (bicyclic) bond motifs is 1. The van der Waals surface area contributed by atoms with E-state index in [9.17, 15) is 5.11 Å². The van der Waals surface area contributed by atoms with Crippen LogP contribution in [0, 0.1) is 13.8 Å². The van der Waals surface area contributed by atoms with Crippen molar-refractivity contribution in [3.63, 3.8) is 0 Å². The highest BCUT2D eigenvalue weighted by Crippen LogP contribution is 2.29. The SMILES string of the molecule is COc1ccc(C=Cc2nc3cc(C)c(C)cc3s2)cc1O. The molecule has 0 fully saturated rings. The van der Waals surface area contributed by atoms with Crippen molar-refractivity contribution in [2.75, 3.05) is 7.11 Å². The van der Waals surface area contributed by atoms with Crippen LogP contribution in [0.25, 0.3) is 22.4 Å². The van der Waals surface area contributed by atoms with Crippen molar-refractivity contribution in [2.45, 2.75) is 13.8 Å². The summed E-state index contributed by atoms with van der Waals surface area (Å²) < 4.78 is 6.24. The first kappa shape index (κ1) is 14.6. The Morgan fingerprint density at radius 1 is 1.09 bits per heavy atom. The molecule has 3 rings (SSSR count). The van der Waals surface area contributed by atoms with E-state index in [1.165, 1.54) is 22.9 Å². The smallest absolute Gasteiger partial charge is 0.160 e. The number of nitrogens with zero attached hydrogens (tertiary/aromatic N) is 1. The van der Waals surface area contributed by atoms with Gasteiger partial charge in [-0.05, 0) is 60.9 Å². The van der Waals surface area contributed by atoms with E-state index in [2.05, 4.69) is 31.0 Å². The minimum absolute atomic E-state index is 0.139. The number of thiazole rings is 1. The fraction of sp³-hybridized carbons (Fsp3) is 0.167. The number of hydrogen-bond acceptors (Lipinski definition) is 4. The molecule has 0 atom stereocenters. The Morgan fingerprint density at radius 2 is 1.86 bits per heavy atom. The van der Waals surface area contributed by atoms with Crippen LogP contribution in [0.5, 0.6) is 11.5 Å². The standard InChI is InChI=1S/C18H17NO2S/c1-11-8-14-17(9-12(11)2)22-18(19-14)7-5-13-4-6-16(21-3)15(20)10-13/h4-10,20H,1-3H3. The van der Waals surface area contributed by atoms with Crippen LogP contribution in [0.15, 0.2) is 30.3 Å². The fourth-order valence-corrected chi connectivity index (χ4v) is 3.20. The summed E-state index contributed by atoms with van der Waals surface area (Å²) in [5, 5.41) is 10.7. The third-order valence-corrected chi connectivity index (χ3v) is 4.63. The molecule has 0 aliphatic carbocycles. The molecule has 0 radical (unpaired) electrons. The van der Waals surface area contributed by atoms with Gasteiger partial charge in [-0.3, -0.25) is 0 Å². The molecule has 2 aromatic carbocycles.